The third-order valence-electron chi connectivity index (χ3n) is 5.34. The molecule has 28 heavy (non-hydrogen) atoms. The number of methoxy groups -OCH3 is 1. The summed E-state index contributed by atoms with van der Waals surface area (Å²) in [6.07, 6.45) is 2.86. The highest BCUT2D eigenvalue weighted by Crippen LogP contribution is 2.35. The normalized spacial score (nSPS) is 20.0. The Kier molecular flexibility index (Phi) is 5.74. The fourth-order valence-corrected chi connectivity index (χ4v) is 4.01. The zero-order valence-corrected chi connectivity index (χ0v) is 17.2. The average Bonchev–Trinajstić information content (AvgIpc) is 3.24. The first-order chi connectivity index (χ1) is 13.3. The molecule has 2 N–H and O–H groups in total. The van der Waals surface area contributed by atoms with E-state index in [0.29, 0.717) is 18.4 Å². The molecule has 2 atom stereocenters. The number of urea groups is 1. The van der Waals surface area contributed by atoms with Crippen LogP contribution in [0.1, 0.15) is 44.2 Å². The van der Waals surface area contributed by atoms with Crippen molar-refractivity contribution in [1.29, 1.82) is 0 Å². The predicted octanol–water partition coefficient (Wildman–Crippen LogP) is 2.03. The maximum atomic E-state index is 12.8. The van der Waals surface area contributed by atoms with Gasteiger partial charge in [0.05, 0.1) is 7.11 Å². The summed E-state index contributed by atoms with van der Waals surface area (Å²) >= 11 is 3.32. The van der Waals surface area contributed by atoms with Crippen LogP contribution in [0.2, 0.25) is 0 Å². The van der Waals surface area contributed by atoms with Crippen LogP contribution in [-0.4, -0.2) is 47.4 Å². The van der Waals surface area contributed by atoms with Crippen LogP contribution >= 0.6 is 15.9 Å². The number of benzene rings is 1. The van der Waals surface area contributed by atoms with Crippen molar-refractivity contribution in [3.63, 3.8) is 0 Å². The van der Waals surface area contributed by atoms with E-state index < -0.39 is 35.5 Å². The van der Waals surface area contributed by atoms with E-state index in [1.165, 1.54) is 14.0 Å². The molecule has 1 saturated carbocycles. The first-order valence-electron chi connectivity index (χ1n) is 9.08. The number of hydrogen-bond acceptors (Lipinski definition) is 5. The molecule has 1 aliphatic heterocycles. The first-order valence-corrected chi connectivity index (χ1v) is 9.88. The van der Waals surface area contributed by atoms with Gasteiger partial charge in [0.15, 0.2) is 6.04 Å². The van der Waals surface area contributed by atoms with E-state index in [9.17, 15) is 19.2 Å². The summed E-state index contributed by atoms with van der Waals surface area (Å²) in [4.78, 5) is 51.2. The highest BCUT2D eigenvalue weighted by Gasteiger charge is 2.54. The number of hydrogen-bond donors (Lipinski definition) is 2. The molecule has 1 aliphatic carbocycles. The van der Waals surface area contributed by atoms with Crippen molar-refractivity contribution in [2.45, 2.75) is 50.2 Å². The monoisotopic (exact) mass is 451 g/mol. The first kappa shape index (κ1) is 20.3. The Labute approximate surface area is 171 Å². The molecule has 1 aromatic rings. The minimum Gasteiger partial charge on any atom is -0.467 e. The Balaban J connectivity index is 1.78. The lowest BCUT2D eigenvalue weighted by Gasteiger charge is -2.25. The molecule has 2 unspecified atom stereocenters. The van der Waals surface area contributed by atoms with Gasteiger partial charge in [-0.15, -0.1) is 0 Å². The standard InChI is InChI=1S/C19H22BrN3O5/c1-11(23-17(26)19(22-18(23)27)9-3-4-10-19)15(24)21-14(16(25)28-2)12-5-7-13(20)8-6-12/h5-8,11,14H,3-4,9-10H2,1-2H3,(H,21,24)(H,22,27). The van der Waals surface area contributed by atoms with Crippen molar-refractivity contribution in [2.24, 2.45) is 0 Å². The van der Waals surface area contributed by atoms with E-state index in [1.54, 1.807) is 24.3 Å². The topological polar surface area (TPSA) is 105 Å². The molecular formula is C19H22BrN3O5. The summed E-state index contributed by atoms with van der Waals surface area (Å²) in [5, 5.41) is 5.35. The SMILES string of the molecule is COC(=O)C(NC(=O)C(C)N1C(=O)NC2(CCCC2)C1=O)c1ccc(Br)cc1. The van der Waals surface area contributed by atoms with Crippen molar-refractivity contribution in [3.8, 4) is 0 Å². The summed E-state index contributed by atoms with van der Waals surface area (Å²) in [7, 11) is 1.23. The van der Waals surface area contributed by atoms with Gasteiger partial charge in [-0.2, -0.15) is 0 Å². The molecule has 1 heterocycles. The molecule has 0 bridgehead atoms. The summed E-state index contributed by atoms with van der Waals surface area (Å²) in [6.45, 7) is 1.47. The maximum absolute atomic E-state index is 12.8. The smallest absolute Gasteiger partial charge is 0.333 e. The van der Waals surface area contributed by atoms with Crippen LogP contribution in [0, 0.1) is 0 Å². The number of nitrogens with one attached hydrogen (secondary N) is 2. The molecule has 4 amide bonds. The Hall–Kier alpha value is -2.42. The lowest BCUT2D eigenvalue weighted by molar-refractivity contribution is -0.146. The van der Waals surface area contributed by atoms with Crippen LogP contribution in [-0.2, 0) is 19.1 Å². The number of esters is 1. The molecule has 0 radical (unpaired) electrons. The fraction of sp³-hybridized carbons (Fsp3) is 0.474. The third kappa shape index (κ3) is 3.63. The number of ether oxygens (including phenoxy) is 1. The second-order valence-corrected chi connectivity index (χ2v) is 8.00. The van der Waals surface area contributed by atoms with E-state index in [0.717, 1.165) is 22.2 Å². The minimum atomic E-state index is -1.06. The molecule has 1 aromatic carbocycles. The summed E-state index contributed by atoms with van der Waals surface area (Å²) in [5.74, 6) is -1.64. The summed E-state index contributed by atoms with van der Waals surface area (Å²) in [5.41, 5.74) is -0.362. The maximum Gasteiger partial charge on any atom is 0.333 e. The molecule has 8 nitrogen and oxygen atoms in total. The molecule has 2 aliphatic rings. The van der Waals surface area contributed by atoms with Gasteiger partial charge in [-0.25, -0.2) is 14.5 Å². The molecule has 3 rings (SSSR count). The van der Waals surface area contributed by atoms with Crippen LogP contribution in [0.3, 0.4) is 0 Å². The minimum absolute atomic E-state index is 0.379. The second kappa shape index (κ2) is 7.90. The van der Waals surface area contributed by atoms with Crippen LogP contribution < -0.4 is 10.6 Å². The van der Waals surface area contributed by atoms with Gasteiger partial charge in [0, 0.05) is 4.47 Å². The van der Waals surface area contributed by atoms with E-state index in [4.69, 9.17) is 4.74 Å². The van der Waals surface area contributed by atoms with Gasteiger partial charge in [0.25, 0.3) is 5.91 Å². The van der Waals surface area contributed by atoms with E-state index in [2.05, 4.69) is 26.6 Å². The van der Waals surface area contributed by atoms with E-state index in [1.807, 2.05) is 0 Å². The Morgan fingerprint density at radius 1 is 1.21 bits per heavy atom. The highest BCUT2D eigenvalue weighted by atomic mass is 79.9. The van der Waals surface area contributed by atoms with Crippen molar-refractivity contribution in [3.05, 3.63) is 34.3 Å². The molecule has 0 aromatic heterocycles. The van der Waals surface area contributed by atoms with Gasteiger partial charge in [0.1, 0.15) is 11.6 Å². The van der Waals surface area contributed by atoms with Gasteiger partial charge in [0.2, 0.25) is 5.91 Å². The molecule has 1 saturated heterocycles. The molecule has 2 fully saturated rings. The highest BCUT2D eigenvalue weighted by molar-refractivity contribution is 9.10. The number of imide groups is 1. The average molecular weight is 452 g/mol. The van der Waals surface area contributed by atoms with E-state index >= 15 is 0 Å². The largest absolute Gasteiger partial charge is 0.467 e. The zero-order chi connectivity index (χ0) is 20.5. The number of nitrogens with zero attached hydrogens (tertiary/aromatic N) is 1. The van der Waals surface area contributed by atoms with Crippen molar-refractivity contribution in [2.75, 3.05) is 7.11 Å². The number of carbonyl (C=O) groups excluding carboxylic acids is 4. The summed E-state index contributed by atoms with van der Waals surface area (Å²) < 4.78 is 5.62. The van der Waals surface area contributed by atoms with Crippen LogP contribution in [0.25, 0.3) is 0 Å². The van der Waals surface area contributed by atoms with Crippen LogP contribution in [0.15, 0.2) is 28.7 Å². The quantitative estimate of drug-likeness (QED) is 0.526. The van der Waals surface area contributed by atoms with Gasteiger partial charge < -0.3 is 15.4 Å². The number of halogens is 1. The number of rotatable bonds is 5. The second-order valence-electron chi connectivity index (χ2n) is 7.09. The van der Waals surface area contributed by atoms with Gasteiger partial charge in [-0.3, -0.25) is 9.59 Å². The van der Waals surface area contributed by atoms with Crippen molar-refractivity contribution in [1.82, 2.24) is 15.5 Å². The Morgan fingerprint density at radius 3 is 2.39 bits per heavy atom. The van der Waals surface area contributed by atoms with E-state index in [-0.39, 0.29) is 5.91 Å². The zero-order valence-electron chi connectivity index (χ0n) is 15.7. The number of carbonyl (C=O) groups is 4. The predicted molar refractivity (Wildman–Crippen MR) is 103 cm³/mol. The molecule has 150 valence electrons. The number of amides is 4. The van der Waals surface area contributed by atoms with Crippen molar-refractivity contribution >= 4 is 39.7 Å². The van der Waals surface area contributed by atoms with Gasteiger partial charge in [-0.1, -0.05) is 40.9 Å². The lowest BCUT2D eigenvalue weighted by Crippen LogP contribution is -2.51. The van der Waals surface area contributed by atoms with Crippen LogP contribution in [0.4, 0.5) is 4.79 Å². The Morgan fingerprint density at radius 2 is 1.82 bits per heavy atom. The van der Waals surface area contributed by atoms with Crippen LogP contribution in [0.5, 0.6) is 0 Å². The van der Waals surface area contributed by atoms with Gasteiger partial charge >= 0.3 is 12.0 Å². The summed E-state index contributed by atoms with van der Waals surface area (Å²) in [6, 6.07) is 4.15. The Bertz CT molecular complexity index is 804. The molecule has 9 heteroatoms. The third-order valence-corrected chi connectivity index (χ3v) is 5.87. The lowest BCUT2D eigenvalue weighted by atomic mass is 9.97. The fourth-order valence-electron chi connectivity index (χ4n) is 3.74. The molecule has 1 spiro atoms. The van der Waals surface area contributed by atoms with Crippen molar-refractivity contribution < 1.29 is 23.9 Å². The van der Waals surface area contributed by atoms with Gasteiger partial charge in [-0.05, 0) is 37.5 Å². The molecular weight excluding hydrogens is 430 g/mol.